The van der Waals surface area contributed by atoms with Crippen LogP contribution in [0.25, 0.3) is 0 Å². The van der Waals surface area contributed by atoms with Crippen LogP contribution in [0, 0.1) is 0 Å². The molecule has 0 saturated heterocycles. The summed E-state index contributed by atoms with van der Waals surface area (Å²) in [5.41, 5.74) is 0.500. The number of hydrogen-bond donors (Lipinski definition) is 0. The summed E-state index contributed by atoms with van der Waals surface area (Å²) in [6, 6.07) is 1.45. The number of pyridine rings is 1. The molecule has 1 aromatic rings. The van der Waals surface area contributed by atoms with E-state index in [1.807, 2.05) is 12.2 Å². The fourth-order valence-corrected chi connectivity index (χ4v) is 1.94. The monoisotopic (exact) mass is 331 g/mol. The van der Waals surface area contributed by atoms with E-state index in [0.29, 0.717) is 13.2 Å². The first kappa shape index (κ1) is 19.6. The Hall–Kier alpha value is -2.43. The van der Waals surface area contributed by atoms with Crippen molar-refractivity contribution in [2.75, 3.05) is 13.2 Å². The van der Waals surface area contributed by atoms with Crippen LogP contribution in [0.15, 0.2) is 43.8 Å². The Morgan fingerprint density at radius 1 is 0.875 bits per heavy atom. The van der Waals surface area contributed by atoms with E-state index in [2.05, 4.69) is 18.1 Å². The lowest BCUT2D eigenvalue weighted by molar-refractivity contribution is 0.0496. The Morgan fingerprint density at radius 2 is 1.33 bits per heavy atom. The Labute approximate surface area is 143 Å². The van der Waals surface area contributed by atoms with Crippen LogP contribution in [0.3, 0.4) is 0 Å². The molecule has 0 aliphatic heterocycles. The largest absolute Gasteiger partial charge is 0.462 e. The molecule has 0 amide bonds. The molecule has 0 N–H and O–H groups in total. The van der Waals surface area contributed by atoms with Crippen LogP contribution in [0.2, 0.25) is 0 Å². The molecule has 0 aromatic carbocycles. The zero-order valence-electron chi connectivity index (χ0n) is 14.0. The Morgan fingerprint density at radius 3 is 1.75 bits per heavy atom. The molecule has 0 saturated carbocycles. The fraction of sp³-hybridized carbons (Fsp3) is 0.421. The Bertz CT molecular complexity index is 509. The first-order valence-corrected chi connectivity index (χ1v) is 8.20. The number of carbonyl (C=O) groups excluding carboxylic acids is 2. The third-order valence-corrected chi connectivity index (χ3v) is 3.28. The summed E-state index contributed by atoms with van der Waals surface area (Å²) in [7, 11) is 0. The van der Waals surface area contributed by atoms with E-state index in [0.717, 1.165) is 38.5 Å². The maximum absolute atomic E-state index is 11.9. The van der Waals surface area contributed by atoms with Gasteiger partial charge in [0.05, 0.1) is 24.3 Å². The van der Waals surface area contributed by atoms with E-state index in [-0.39, 0.29) is 11.1 Å². The van der Waals surface area contributed by atoms with Gasteiger partial charge >= 0.3 is 11.9 Å². The highest BCUT2D eigenvalue weighted by atomic mass is 16.5. The Balaban J connectivity index is 2.43. The fourth-order valence-electron chi connectivity index (χ4n) is 1.94. The molecule has 0 bridgehead atoms. The molecule has 1 heterocycles. The average Bonchev–Trinajstić information content (AvgIpc) is 2.61. The molecular weight excluding hydrogens is 306 g/mol. The van der Waals surface area contributed by atoms with Crippen molar-refractivity contribution in [2.24, 2.45) is 0 Å². The van der Waals surface area contributed by atoms with Crippen molar-refractivity contribution in [1.29, 1.82) is 0 Å². The van der Waals surface area contributed by atoms with Crippen molar-refractivity contribution in [3.05, 3.63) is 54.9 Å². The molecule has 0 aliphatic carbocycles. The maximum atomic E-state index is 11.9. The first-order valence-electron chi connectivity index (χ1n) is 8.20. The molecule has 5 nitrogen and oxygen atoms in total. The second-order valence-electron chi connectivity index (χ2n) is 5.30. The number of nitrogens with zero attached hydrogens (tertiary/aromatic N) is 1. The molecule has 130 valence electrons. The van der Waals surface area contributed by atoms with Crippen molar-refractivity contribution >= 4 is 11.9 Å². The van der Waals surface area contributed by atoms with Crippen LogP contribution in [0.1, 0.15) is 59.2 Å². The zero-order valence-corrected chi connectivity index (χ0v) is 14.0. The topological polar surface area (TPSA) is 65.5 Å². The normalized spacial score (nSPS) is 10.0. The number of carbonyl (C=O) groups is 2. The van der Waals surface area contributed by atoms with Gasteiger partial charge in [-0.25, -0.2) is 9.59 Å². The number of aromatic nitrogens is 1. The molecule has 0 radical (unpaired) electrons. The SMILES string of the molecule is C=CCCCCOC(=O)c1cncc(C(=O)OCCCCC=C)c1. The predicted octanol–water partition coefficient (Wildman–Crippen LogP) is 4.11. The van der Waals surface area contributed by atoms with Gasteiger partial charge in [0, 0.05) is 12.4 Å². The smallest absolute Gasteiger partial charge is 0.339 e. The van der Waals surface area contributed by atoms with Gasteiger partial charge in [0.1, 0.15) is 0 Å². The van der Waals surface area contributed by atoms with Gasteiger partial charge in [-0.1, -0.05) is 12.2 Å². The van der Waals surface area contributed by atoms with Gasteiger partial charge in [0.25, 0.3) is 0 Å². The summed E-state index contributed by atoms with van der Waals surface area (Å²) in [6.45, 7) is 7.95. The van der Waals surface area contributed by atoms with Crippen LogP contribution in [0.4, 0.5) is 0 Å². The van der Waals surface area contributed by atoms with Crippen molar-refractivity contribution in [2.45, 2.75) is 38.5 Å². The van der Waals surface area contributed by atoms with Crippen molar-refractivity contribution in [3.8, 4) is 0 Å². The number of allylic oxidation sites excluding steroid dienone is 2. The minimum absolute atomic E-state index is 0.250. The molecule has 0 spiro atoms. The molecular formula is C19H25NO4. The summed E-state index contributed by atoms with van der Waals surface area (Å²) in [6.07, 6.45) is 11.6. The highest BCUT2D eigenvalue weighted by Crippen LogP contribution is 2.08. The lowest BCUT2D eigenvalue weighted by Crippen LogP contribution is -2.11. The van der Waals surface area contributed by atoms with E-state index in [1.165, 1.54) is 18.5 Å². The van der Waals surface area contributed by atoms with E-state index < -0.39 is 11.9 Å². The minimum atomic E-state index is -0.485. The molecule has 0 fully saturated rings. The minimum Gasteiger partial charge on any atom is -0.462 e. The Kier molecular flexibility index (Phi) is 9.85. The number of esters is 2. The summed E-state index contributed by atoms with van der Waals surface area (Å²) >= 11 is 0. The third kappa shape index (κ3) is 7.72. The number of hydrogen-bond acceptors (Lipinski definition) is 5. The quantitative estimate of drug-likeness (QED) is 0.328. The zero-order chi connectivity index (χ0) is 17.6. The number of unbranched alkanes of at least 4 members (excludes halogenated alkanes) is 4. The third-order valence-electron chi connectivity index (χ3n) is 3.28. The second-order valence-corrected chi connectivity index (χ2v) is 5.30. The van der Waals surface area contributed by atoms with Crippen LogP contribution >= 0.6 is 0 Å². The average molecular weight is 331 g/mol. The molecule has 1 rings (SSSR count). The van der Waals surface area contributed by atoms with Gasteiger partial charge in [-0.05, 0) is 44.6 Å². The van der Waals surface area contributed by atoms with Crippen LogP contribution in [-0.4, -0.2) is 30.1 Å². The van der Waals surface area contributed by atoms with Crippen molar-refractivity contribution in [1.82, 2.24) is 4.98 Å². The van der Waals surface area contributed by atoms with E-state index in [9.17, 15) is 9.59 Å². The van der Waals surface area contributed by atoms with Gasteiger partial charge in [0.2, 0.25) is 0 Å². The first-order chi connectivity index (χ1) is 11.7. The summed E-state index contributed by atoms with van der Waals surface area (Å²) in [5.74, 6) is -0.969. The van der Waals surface area contributed by atoms with E-state index >= 15 is 0 Å². The van der Waals surface area contributed by atoms with Gasteiger partial charge < -0.3 is 9.47 Å². The summed E-state index contributed by atoms with van der Waals surface area (Å²) in [4.78, 5) is 27.8. The molecule has 24 heavy (non-hydrogen) atoms. The highest BCUT2D eigenvalue weighted by Gasteiger charge is 2.13. The number of ether oxygens (including phenoxy) is 2. The molecule has 0 aliphatic rings. The predicted molar refractivity (Wildman–Crippen MR) is 92.9 cm³/mol. The lowest BCUT2D eigenvalue weighted by Gasteiger charge is -2.06. The van der Waals surface area contributed by atoms with Gasteiger partial charge in [0.15, 0.2) is 0 Å². The van der Waals surface area contributed by atoms with Crippen molar-refractivity contribution in [3.63, 3.8) is 0 Å². The summed E-state index contributed by atoms with van der Waals surface area (Å²) in [5, 5.41) is 0. The lowest BCUT2D eigenvalue weighted by atomic mass is 10.2. The second kappa shape index (κ2) is 12.0. The number of rotatable bonds is 12. The van der Waals surface area contributed by atoms with Gasteiger partial charge in [-0.2, -0.15) is 0 Å². The van der Waals surface area contributed by atoms with E-state index in [4.69, 9.17) is 9.47 Å². The van der Waals surface area contributed by atoms with Gasteiger partial charge in [-0.3, -0.25) is 4.98 Å². The van der Waals surface area contributed by atoms with Crippen LogP contribution in [0.5, 0.6) is 0 Å². The van der Waals surface area contributed by atoms with Crippen molar-refractivity contribution < 1.29 is 19.1 Å². The highest BCUT2D eigenvalue weighted by molar-refractivity contribution is 5.94. The standard InChI is InChI=1S/C19H25NO4/c1-3-5-7-9-11-23-18(21)16-13-17(15-20-14-16)19(22)24-12-10-8-6-4-2/h3-4,13-15H,1-2,5-12H2. The molecule has 1 aromatic heterocycles. The molecule has 0 atom stereocenters. The molecule has 0 unspecified atom stereocenters. The van der Waals surface area contributed by atoms with Crippen LogP contribution < -0.4 is 0 Å². The van der Waals surface area contributed by atoms with E-state index in [1.54, 1.807) is 0 Å². The summed E-state index contributed by atoms with van der Waals surface area (Å²) < 4.78 is 10.3. The molecule has 5 heteroatoms. The maximum Gasteiger partial charge on any atom is 0.339 e. The van der Waals surface area contributed by atoms with Gasteiger partial charge in [-0.15, -0.1) is 13.2 Å². The van der Waals surface area contributed by atoms with Crippen LogP contribution in [-0.2, 0) is 9.47 Å².